The van der Waals surface area contributed by atoms with Crippen molar-refractivity contribution >= 4 is 17.1 Å². The normalized spacial score (nSPS) is 11.8. The number of rotatable bonds is 18. The summed E-state index contributed by atoms with van der Waals surface area (Å²) in [5.74, 6) is 0. The highest BCUT2D eigenvalue weighted by Gasteiger charge is 2.00. The Balaban J connectivity index is 1.34. The van der Waals surface area contributed by atoms with Crippen molar-refractivity contribution < 1.29 is 0 Å². The van der Waals surface area contributed by atoms with Crippen LogP contribution >= 0.6 is 0 Å². The predicted octanol–water partition coefficient (Wildman–Crippen LogP) is 7.17. The fourth-order valence-corrected chi connectivity index (χ4v) is 3.94. The van der Waals surface area contributed by atoms with Crippen molar-refractivity contribution in [3.8, 4) is 0 Å². The van der Waals surface area contributed by atoms with E-state index in [-0.39, 0.29) is 0 Å². The van der Waals surface area contributed by atoms with Crippen molar-refractivity contribution in [2.24, 2.45) is 5.73 Å². The van der Waals surface area contributed by atoms with Crippen LogP contribution in [0.5, 0.6) is 0 Å². The Bertz CT molecular complexity index is 662. The fraction of sp³-hybridized carbons (Fsp3) is 0.680. The van der Waals surface area contributed by atoms with Crippen LogP contribution in [-0.4, -0.2) is 22.0 Å². The van der Waals surface area contributed by atoms with E-state index in [0.717, 1.165) is 29.6 Å². The Morgan fingerprint density at radius 1 is 0.690 bits per heavy atom. The smallest absolute Gasteiger partial charge is 0.120 e. The van der Waals surface area contributed by atoms with E-state index >= 15 is 0 Å². The largest absolute Gasteiger partial charge is 0.330 e. The molecule has 1 heterocycles. The minimum Gasteiger partial charge on any atom is -0.330 e. The molecule has 0 fully saturated rings. The van der Waals surface area contributed by atoms with Gasteiger partial charge in [-0.05, 0) is 31.9 Å². The van der Waals surface area contributed by atoms with Gasteiger partial charge in [0, 0.05) is 5.56 Å². The lowest BCUT2D eigenvalue weighted by atomic mass is 10.0. The number of nitrogens with one attached hydrogen (secondary N) is 1. The van der Waals surface area contributed by atoms with Gasteiger partial charge in [-0.25, -0.2) is 0 Å². The molecule has 0 radical (unpaired) electrons. The summed E-state index contributed by atoms with van der Waals surface area (Å²) in [7, 11) is 0. The number of nitrogens with zero attached hydrogens (tertiary/aromatic N) is 2. The molecular weight excluding hydrogens is 356 g/mol. The maximum Gasteiger partial charge on any atom is 0.120 e. The molecule has 0 aliphatic heterocycles. The molecule has 0 saturated heterocycles. The van der Waals surface area contributed by atoms with Gasteiger partial charge in [-0.3, -0.25) is 0 Å². The van der Waals surface area contributed by atoms with E-state index in [2.05, 4.69) is 33.6 Å². The Hall–Kier alpha value is -1.68. The molecule has 0 bridgehead atoms. The summed E-state index contributed by atoms with van der Waals surface area (Å²) in [6, 6.07) is 6.13. The monoisotopic (exact) mass is 398 g/mol. The zero-order valence-corrected chi connectivity index (χ0v) is 18.4. The van der Waals surface area contributed by atoms with Crippen LogP contribution in [0, 0.1) is 0 Å². The Morgan fingerprint density at radius 2 is 1.24 bits per heavy atom. The quantitative estimate of drug-likeness (QED) is 0.261. The molecule has 0 unspecified atom stereocenters. The van der Waals surface area contributed by atoms with Crippen molar-refractivity contribution in [3.63, 3.8) is 0 Å². The van der Waals surface area contributed by atoms with Crippen LogP contribution in [0.4, 0.5) is 0 Å². The molecule has 1 aromatic carbocycles. The molecule has 4 heteroatoms. The SMILES string of the molecule is NCCCCCCCCCCCCCCCCCC=Cc1cccc2n[nH]nc12. The van der Waals surface area contributed by atoms with Crippen molar-refractivity contribution in [2.45, 2.75) is 103 Å². The van der Waals surface area contributed by atoms with E-state index in [0.29, 0.717) is 0 Å². The average molecular weight is 399 g/mol. The van der Waals surface area contributed by atoms with Gasteiger partial charge >= 0.3 is 0 Å². The van der Waals surface area contributed by atoms with E-state index in [1.165, 1.54) is 96.3 Å². The third kappa shape index (κ3) is 10.6. The first-order chi connectivity index (χ1) is 14.4. The lowest BCUT2D eigenvalue weighted by Crippen LogP contribution is -1.97. The van der Waals surface area contributed by atoms with Crippen LogP contribution in [0.1, 0.15) is 108 Å². The number of H-pyrrole nitrogens is 1. The molecule has 3 N–H and O–H groups in total. The van der Waals surface area contributed by atoms with Gasteiger partial charge < -0.3 is 5.73 Å². The number of benzene rings is 1. The lowest BCUT2D eigenvalue weighted by molar-refractivity contribution is 0.531. The first-order valence-electron chi connectivity index (χ1n) is 12.1. The standard InChI is InChI=1S/C25H42N4/c26-22-17-15-13-11-9-7-5-3-1-2-4-6-8-10-12-14-16-19-23-20-18-21-24-25(23)28-29-27-24/h16,18-21H,1-15,17,22,26H2,(H,27,28,29). The Kier molecular flexibility index (Phi) is 13.1. The minimum atomic E-state index is 0.860. The summed E-state index contributed by atoms with van der Waals surface area (Å²) in [5, 5.41) is 11.1. The summed E-state index contributed by atoms with van der Waals surface area (Å²) < 4.78 is 0. The third-order valence-corrected chi connectivity index (χ3v) is 5.75. The van der Waals surface area contributed by atoms with E-state index < -0.39 is 0 Å². The maximum atomic E-state index is 5.52. The highest BCUT2D eigenvalue weighted by Crippen LogP contribution is 2.16. The zero-order valence-electron chi connectivity index (χ0n) is 18.4. The Morgan fingerprint density at radius 3 is 1.83 bits per heavy atom. The molecule has 0 saturated carbocycles. The second-order valence-electron chi connectivity index (χ2n) is 8.32. The fourth-order valence-electron chi connectivity index (χ4n) is 3.94. The van der Waals surface area contributed by atoms with Crippen molar-refractivity contribution in [1.82, 2.24) is 15.4 Å². The van der Waals surface area contributed by atoms with E-state index in [9.17, 15) is 0 Å². The minimum absolute atomic E-state index is 0.860. The van der Waals surface area contributed by atoms with Gasteiger partial charge in [0.2, 0.25) is 0 Å². The molecule has 1 aromatic heterocycles. The number of fused-ring (bicyclic) bond motifs is 1. The molecule has 2 rings (SSSR count). The Labute approximate surface area is 177 Å². The van der Waals surface area contributed by atoms with E-state index in [1.807, 2.05) is 12.1 Å². The van der Waals surface area contributed by atoms with Crippen molar-refractivity contribution in [3.05, 3.63) is 29.8 Å². The van der Waals surface area contributed by atoms with Crippen molar-refractivity contribution in [1.29, 1.82) is 0 Å². The van der Waals surface area contributed by atoms with Crippen LogP contribution in [0.3, 0.4) is 0 Å². The number of aromatic nitrogens is 3. The summed E-state index contributed by atoms with van der Waals surface area (Å²) in [5.41, 5.74) is 8.58. The molecule has 0 amide bonds. The van der Waals surface area contributed by atoms with Gasteiger partial charge in [0.15, 0.2) is 0 Å². The number of nitrogens with two attached hydrogens (primary N) is 1. The molecule has 0 aliphatic rings. The summed E-state index contributed by atoms with van der Waals surface area (Å²) >= 11 is 0. The van der Waals surface area contributed by atoms with Gasteiger partial charge in [-0.2, -0.15) is 15.4 Å². The number of hydrogen-bond acceptors (Lipinski definition) is 3. The van der Waals surface area contributed by atoms with Gasteiger partial charge in [-0.15, -0.1) is 0 Å². The van der Waals surface area contributed by atoms with Gasteiger partial charge in [0.25, 0.3) is 0 Å². The molecule has 0 aliphatic carbocycles. The molecule has 29 heavy (non-hydrogen) atoms. The topological polar surface area (TPSA) is 67.6 Å². The number of para-hydroxylation sites is 1. The third-order valence-electron chi connectivity index (χ3n) is 5.75. The number of aromatic amines is 1. The summed E-state index contributed by atoms with van der Waals surface area (Å²) in [4.78, 5) is 0. The van der Waals surface area contributed by atoms with Crippen LogP contribution in [0.15, 0.2) is 24.3 Å². The van der Waals surface area contributed by atoms with Crippen LogP contribution in [0.2, 0.25) is 0 Å². The van der Waals surface area contributed by atoms with Gasteiger partial charge in [0.1, 0.15) is 11.0 Å². The first-order valence-corrected chi connectivity index (χ1v) is 12.1. The van der Waals surface area contributed by atoms with Crippen LogP contribution in [0.25, 0.3) is 17.1 Å². The molecule has 0 atom stereocenters. The second kappa shape index (κ2) is 16.2. The molecule has 4 nitrogen and oxygen atoms in total. The van der Waals surface area contributed by atoms with Crippen LogP contribution < -0.4 is 5.73 Å². The lowest BCUT2D eigenvalue weighted by Gasteiger charge is -2.03. The molecule has 2 aromatic rings. The highest BCUT2D eigenvalue weighted by atomic mass is 15.3. The van der Waals surface area contributed by atoms with Crippen LogP contribution in [-0.2, 0) is 0 Å². The number of hydrogen-bond donors (Lipinski definition) is 2. The molecule has 0 spiro atoms. The first kappa shape index (κ1) is 23.6. The summed E-state index contributed by atoms with van der Waals surface area (Å²) in [6.45, 7) is 0.860. The highest BCUT2D eigenvalue weighted by molar-refractivity contribution is 5.83. The molecule has 162 valence electrons. The predicted molar refractivity (Wildman–Crippen MR) is 126 cm³/mol. The molecular formula is C25H42N4. The van der Waals surface area contributed by atoms with Gasteiger partial charge in [-0.1, -0.05) is 108 Å². The zero-order chi connectivity index (χ0) is 20.4. The van der Waals surface area contributed by atoms with E-state index in [4.69, 9.17) is 5.73 Å². The van der Waals surface area contributed by atoms with E-state index in [1.54, 1.807) is 0 Å². The number of unbranched alkanes of at least 4 members (excludes halogenated alkanes) is 15. The average Bonchev–Trinajstić information content (AvgIpc) is 3.22. The van der Waals surface area contributed by atoms with Gasteiger partial charge in [0.05, 0.1) is 0 Å². The van der Waals surface area contributed by atoms with Crippen molar-refractivity contribution in [2.75, 3.05) is 6.54 Å². The number of allylic oxidation sites excluding steroid dienone is 1. The maximum absolute atomic E-state index is 5.52. The second-order valence-corrected chi connectivity index (χ2v) is 8.32. The summed E-state index contributed by atoms with van der Waals surface area (Å²) in [6.07, 6.45) is 26.4.